The van der Waals surface area contributed by atoms with Crippen molar-refractivity contribution in [3.8, 4) is 0 Å². The van der Waals surface area contributed by atoms with Gasteiger partial charge >= 0.3 is 0 Å². The summed E-state index contributed by atoms with van der Waals surface area (Å²) in [6, 6.07) is 0. The Morgan fingerprint density at radius 3 is 0.742 bits per heavy atom. The molecule has 0 saturated carbocycles. The van der Waals surface area contributed by atoms with E-state index in [0.717, 1.165) is 0 Å². The molecular formula is C30H64N+. The summed E-state index contributed by atoms with van der Waals surface area (Å²) in [6.07, 6.45) is 31.8. The molecule has 0 aromatic carbocycles. The lowest BCUT2D eigenvalue weighted by molar-refractivity contribution is -0.929. The average Bonchev–Trinajstić information content (AvgIpc) is 2.77. The molecule has 0 aliphatic heterocycles. The molecule has 0 aromatic rings. The molecule has 31 heavy (non-hydrogen) atoms. The predicted molar refractivity (Wildman–Crippen MR) is 144 cm³/mol. The highest BCUT2D eigenvalue weighted by molar-refractivity contribution is 4.53. The van der Waals surface area contributed by atoms with E-state index >= 15 is 0 Å². The SMILES string of the molecule is CCCCCCCCCCCCCCC[N+](CCCCC)(CCCCC)CCCCC. The van der Waals surface area contributed by atoms with E-state index in [1.54, 1.807) is 0 Å². The van der Waals surface area contributed by atoms with E-state index in [9.17, 15) is 0 Å². The molecule has 0 aliphatic rings. The van der Waals surface area contributed by atoms with Gasteiger partial charge in [0, 0.05) is 0 Å². The summed E-state index contributed by atoms with van der Waals surface area (Å²) in [5.41, 5.74) is 0. The van der Waals surface area contributed by atoms with Gasteiger partial charge in [0.1, 0.15) is 0 Å². The van der Waals surface area contributed by atoms with Gasteiger partial charge in [0.25, 0.3) is 0 Å². The standard InChI is InChI=1S/C30H64N/c1-5-9-13-14-15-16-17-18-19-20-21-22-26-30-31(27-23-10-6-2,28-24-11-7-3)29-25-12-8-4/h5-30H2,1-4H3/q+1. The average molecular weight is 439 g/mol. The first-order valence-electron chi connectivity index (χ1n) is 15.1. The smallest absolute Gasteiger partial charge is 0.0786 e. The second kappa shape index (κ2) is 24.6. The monoisotopic (exact) mass is 439 g/mol. The van der Waals surface area contributed by atoms with Gasteiger partial charge in [-0.2, -0.15) is 0 Å². The third kappa shape index (κ3) is 20.3. The first-order chi connectivity index (χ1) is 15.2. The second-order valence-electron chi connectivity index (χ2n) is 10.6. The Balaban J connectivity index is 4.08. The minimum absolute atomic E-state index is 1.36. The van der Waals surface area contributed by atoms with Crippen molar-refractivity contribution in [2.45, 2.75) is 169 Å². The molecule has 0 aliphatic carbocycles. The molecule has 0 atom stereocenters. The molecule has 0 aromatic heterocycles. The molecule has 0 radical (unpaired) electrons. The van der Waals surface area contributed by atoms with Crippen LogP contribution in [0, 0.1) is 0 Å². The lowest BCUT2D eigenvalue weighted by Gasteiger charge is -2.39. The van der Waals surface area contributed by atoms with Gasteiger partial charge in [-0.05, 0) is 51.4 Å². The predicted octanol–water partition coefficient (Wildman–Crippen LogP) is 10.5. The Bertz CT molecular complexity index is 298. The molecule has 0 amide bonds. The summed E-state index contributed by atoms with van der Waals surface area (Å²) < 4.78 is 1.46. The van der Waals surface area contributed by atoms with Crippen molar-refractivity contribution >= 4 is 0 Å². The van der Waals surface area contributed by atoms with Gasteiger partial charge in [-0.15, -0.1) is 0 Å². The van der Waals surface area contributed by atoms with Crippen molar-refractivity contribution in [3.05, 3.63) is 0 Å². The largest absolute Gasteiger partial charge is 0.324 e. The fraction of sp³-hybridized carbons (Fsp3) is 1.00. The van der Waals surface area contributed by atoms with Crippen molar-refractivity contribution in [3.63, 3.8) is 0 Å². The van der Waals surface area contributed by atoms with Crippen molar-refractivity contribution < 1.29 is 4.48 Å². The fourth-order valence-corrected chi connectivity index (χ4v) is 5.23. The maximum atomic E-state index is 2.36. The first kappa shape index (κ1) is 31.0. The van der Waals surface area contributed by atoms with Gasteiger partial charge in [0.2, 0.25) is 0 Å². The number of nitrogens with zero attached hydrogens (tertiary/aromatic N) is 1. The molecule has 0 unspecified atom stereocenters. The number of rotatable bonds is 26. The van der Waals surface area contributed by atoms with E-state index in [4.69, 9.17) is 0 Å². The highest BCUT2D eigenvalue weighted by Crippen LogP contribution is 2.19. The summed E-state index contributed by atoms with van der Waals surface area (Å²) >= 11 is 0. The lowest BCUT2D eigenvalue weighted by Crippen LogP contribution is -2.50. The third-order valence-electron chi connectivity index (χ3n) is 7.44. The second-order valence-corrected chi connectivity index (χ2v) is 10.6. The van der Waals surface area contributed by atoms with E-state index in [-0.39, 0.29) is 0 Å². The van der Waals surface area contributed by atoms with Gasteiger partial charge in [-0.25, -0.2) is 0 Å². The van der Waals surface area contributed by atoms with Crippen LogP contribution in [0.3, 0.4) is 0 Å². The van der Waals surface area contributed by atoms with E-state index in [2.05, 4.69) is 27.7 Å². The van der Waals surface area contributed by atoms with Crippen LogP contribution in [0.1, 0.15) is 169 Å². The van der Waals surface area contributed by atoms with Crippen LogP contribution in [0.15, 0.2) is 0 Å². The Labute approximate surface area is 199 Å². The zero-order valence-corrected chi connectivity index (χ0v) is 22.8. The molecule has 0 fully saturated rings. The van der Waals surface area contributed by atoms with Crippen LogP contribution in [0.25, 0.3) is 0 Å². The van der Waals surface area contributed by atoms with Crippen LogP contribution >= 0.6 is 0 Å². The minimum atomic E-state index is 1.36. The lowest BCUT2D eigenvalue weighted by atomic mass is 10.0. The molecule has 0 heterocycles. The van der Waals surface area contributed by atoms with Crippen LogP contribution in [0.2, 0.25) is 0 Å². The van der Waals surface area contributed by atoms with E-state index in [0.29, 0.717) is 0 Å². The Kier molecular flexibility index (Phi) is 24.6. The number of quaternary nitrogens is 1. The van der Waals surface area contributed by atoms with Crippen molar-refractivity contribution in [1.29, 1.82) is 0 Å². The maximum absolute atomic E-state index is 2.36. The first-order valence-corrected chi connectivity index (χ1v) is 15.1. The number of unbranched alkanes of at least 4 members (excludes halogenated alkanes) is 18. The van der Waals surface area contributed by atoms with Gasteiger partial charge in [-0.3, -0.25) is 0 Å². The third-order valence-corrected chi connectivity index (χ3v) is 7.44. The fourth-order valence-electron chi connectivity index (χ4n) is 5.23. The molecule has 0 rings (SSSR count). The summed E-state index contributed by atoms with van der Waals surface area (Å²) in [7, 11) is 0. The summed E-state index contributed by atoms with van der Waals surface area (Å²) in [5.74, 6) is 0. The zero-order valence-electron chi connectivity index (χ0n) is 22.8. The molecule has 1 nitrogen and oxygen atoms in total. The van der Waals surface area contributed by atoms with E-state index < -0.39 is 0 Å². The topological polar surface area (TPSA) is 0 Å². The van der Waals surface area contributed by atoms with Gasteiger partial charge in [-0.1, -0.05) is 118 Å². The normalized spacial score (nSPS) is 12.0. The maximum Gasteiger partial charge on any atom is 0.0786 e. The van der Waals surface area contributed by atoms with Crippen molar-refractivity contribution in [1.82, 2.24) is 0 Å². The summed E-state index contributed by atoms with van der Waals surface area (Å²) in [6.45, 7) is 15.2. The van der Waals surface area contributed by atoms with Crippen LogP contribution in [-0.2, 0) is 0 Å². The van der Waals surface area contributed by atoms with Crippen LogP contribution < -0.4 is 0 Å². The van der Waals surface area contributed by atoms with Crippen molar-refractivity contribution in [2.75, 3.05) is 26.2 Å². The quantitative estimate of drug-likeness (QED) is 0.0930. The molecule has 0 saturated heterocycles. The molecular weight excluding hydrogens is 374 g/mol. The van der Waals surface area contributed by atoms with Gasteiger partial charge < -0.3 is 4.48 Å². The molecule has 0 spiro atoms. The van der Waals surface area contributed by atoms with Gasteiger partial charge in [0.15, 0.2) is 0 Å². The summed E-state index contributed by atoms with van der Waals surface area (Å²) in [5, 5.41) is 0. The zero-order chi connectivity index (χ0) is 22.9. The van der Waals surface area contributed by atoms with Gasteiger partial charge in [0.05, 0.1) is 26.2 Å². The highest BCUT2D eigenvalue weighted by atomic mass is 15.3. The molecule has 1 heteroatoms. The van der Waals surface area contributed by atoms with Crippen molar-refractivity contribution in [2.24, 2.45) is 0 Å². The Morgan fingerprint density at radius 1 is 0.258 bits per heavy atom. The number of hydrogen-bond acceptors (Lipinski definition) is 0. The summed E-state index contributed by atoms with van der Waals surface area (Å²) in [4.78, 5) is 0. The Morgan fingerprint density at radius 2 is 0.452 bits per heavy atom. The highest BCUT2D eigenvalue weighted by Gasteiger charge is 2.25. The van der Waals surface area contributed by atoms with Crippen LogP contribution in [0.4, 0.5) is 0 Å². The van der Waals surface area contributed by atoms with E-state index in [1.165, 1.54) is 172 Å². The van der Waals surface area contributed by atoms with E-state index in [1.807, 2.05) is 0 Å². The Hall–Kier alpha value is -0.0400. The van der Waals surface area contributed by atoms with Crippen LogP contribution in [-0.4, -0.2) is 30.7 Å². The molecule has 0 N–H and O–H groups in total. The molecule has 0 bridgehead atoms. The minimum Gasteiger partial charge on any atom is -0.324 e. The molecule has 188 valence electrons. The number of hydrogen-bond donors (Lipinski definition) is 0. The van der Waals surface area contributed by atoms with Crippen LogP contribution in [0.5, 0.6) is 0 Å².